The van der Waals surface area contributed by atoms with Crippen molar-refractivity contribution in [2.24, 2.45) is 0 Å². The Hall–Kier alpha value is -0.930. The van der Waals surface area contributed by atoms with E-state index in [1.807, 2.05) is 19.1 Å². The van der Waals surface area contributed by atoms with Gasteiger partial charge >= 0.3 is 0 Å². The summed E-state index contributed by atoms with van der Waals surface area (Å²) in [5.41, 5.74) is 1.97. The van der Waals surface area contributed by atoms with Gasteiger partial charge in [0.15, 0.2) is 0 Å². The molecule has 20 heavy (non-hydrogen) atoms. The van der Waals surface area contributed by atoms with Gasteiger partial charge in [0.1, 0.15) is 5.82 Å². The second-order valence-corrected chi connectivity index (χ2v) is 5.97. The van der Waals surface area contributed by atoms with Crippen molar-refractivity contribution >= 4 is 0 Å². The third-order valence-electron chi connectivity index (χ3n) is 4.10. The maximum absolute atomic E-state index is 13.3. The van der Waals surface area contributed by atoms with Gasteiger partial charge < -0.3 is 5.32 Å². The van der Waals surface area contributed by atoms with Gasteiger partial charge in [0.05, 0.1) is 0 Å². The van der Waals surface area contributed by atoms with E-state index < -0.39 is 0 Å². The van der Waals surface area contributed by atoms with E-state index in [0.717, 1.165) is 31.7 Å². The summed E-state index contributed by atoms with van der Waals surface area (Å²) < 4.78 is 13.3. The summed E-state index contributed by atoms with van der Waals surface area (Å²) in [6, 6.07) is 6.13. The van der Waals surface area contributed by atoms with Crippen molar-refractivity contribution in [3.05, 3.63) is 35.1 Å². The topological polar surface area (TPSA) is 15.3 Å². The highest BCUT2D eigenvalue weighted by molar-refractivity contribution is 5.23. The van der Waals surface area contributed by atoms with E-state index >= 15 is 0 Å². The van der Waals surface area contributed by atoms with E-state index in [2.05, 4.69) is 17.1 Å². The van der Waals surface area contributed by atoms with Gasteiger partial charge in [0.2, 0.25) is 0 Å². The molecule has 1 saturated heterocycles. The minimum atomic E-state index is -0.105. The molecule has 1 aromatic carbocycles. The maximum atomic E-state index is 13.3. The van der Waals surface area contributed by atoms with Gasteiger partial charge in [-0.2, -0.15) is 0 Å². The number of benzene rings is 1. The van der Waals surface area contributed by atoms with Crippen LogP contribution in [0, 0.1) is 12.7 Å². The summed E-state index contributed by atoms with van der Waals surface area (Å²) in [4.78, 5) is 2.51. The lowest BCUT2D eigenvalue weighted by Crippen LogP contribution is -2.37. The Labute approximate surface area is 122 Å². The molecule has 1 aliphatic rings. The highest BCUT2D eigenvalue weighted by Gasteiger charge is 2.17. The van der Waals surface area contributed by atoms with Crippen molar-refractivity contribution < 1.29 is 4.39 Å². The van der Waals surface area contributed by atoms with Gasteiger partial charge in [-0.3, -0.25) is 4.90 Å². The average Bonchev–Trinajstić information content (AvgIpc) is 2.93. The molecule has 0 aliphatic carbocycles. The third-order valence-corrected chi connectivity index (χ3v) is 4.10. The molecule has 3 heteroatoms. The van der Waals surface area contributed by atoms with Gasteiger partial charge in [-0.1, -0.05) is 25.5 Å². The molecule has 0 radical (unpaired) electrons. The normalized spacial score (nSPS) is 18.9. The van der Waals surface area contributed by atoms with Crippen LogP contribution >= 0.6 is 0 Å². The summed E-state index contributed by atoms with van der Waals surface area (Å²) in [6.45, 7) is 8.39. The molecule has 0 aromatic heterocycles. The lowest BCUT2D eigenvalue weighted by atomic mass is 10.1. The van der Waals surface area contributed by atoms with Crippen molar-refractivity contribution in [2.45, 2.75) is 52.1 Å². The zero-order chi connectivity index (χ0) is 14.4. The van der Waals surface area contributed by atoms with Crippen molar-refractivity contribution in [1.82, 2.24) is 10.2 Å². The van der Waals surface area contributed by atoms with Gasteiger partial charge in [-0.15, -0.1) is 0 Å². The SMILES string of the molecule is CCCCN(Cc1ccc(F)c(C)c1)CC1CCCN1. The van der Waals surface area contributed by atoms with E-state index in [0.29, 0.717) is 6.04 Å². The van der Waals surface area contributed by atoms with Crippen molar-refractivity contribution in [3.63, 3.8) is 0 Å². The number of hydrogen-bond donors (Lipinski definition) is 1. The highest BCUT2D eigenvalue weighted by atomic mass is 19.1. The standard InChI is InChI=1S/C17H27FN2/c1-3-4-10-20(13-16-6-5-9-19-16)12-15-7-8-17(18)14(2)11-15/h7-8,11,16,19H,3-6,9-10,12-13H2,1-2H3. The van der Waals surface area contributed by atoms with Gasteiger partial charge in [0, 0.05) is 19.1 Å². The molecule has 1 aliphatic heterocycles. The summed E-state index contributed by atoms with van der Waals surface area (Å²) in [6.07, 6.45) is 5.02. The molecule has 0 saturated carbocycles. The van der Waals surface area contributed by atoms with Crippen molar-refractivity contribution in [2.75, 3.05) is 19.6 Å². The van der Waals surface area contributed by atoms with E-state index in [1.165, 1.54) is 31.2 Å². The number of nitrogens with one attached hydrogen (secondary N) is 1. The molecule has 0 bridgehead atoms. The molecule has 1 unspecified atom stereocenters. The van der Waals surface area contributed by atoms with Crippen LogP contribution < -0.4 is 5.32 Å². The second-order valence-electron chi connectivity index (χ2n) is 5.97. The quantitative estimate of drug-likeness (QED) is 0.821. The molecule has 1 N–H and O–H groups in total. The summed E-state index contributed by atoms with van der Waals surface area (Å²) >= 11 is 0. The zero-order valence-electron chi connectivity index (χ0n) is 12.8. The minimum absolute atomic E-state index is 0.105. The molecule has 1 atom stereocenters. The zero-order valence-corrected chi connectivity index (χ0v) is 12.8. The van der Waals surface area contributed by atoms with Gasteiger partial charge in [-0.25, -0.2) is 4.39 Å². The van der Waals surface area contributed by atoms with Crippen LogP contribution in [-0.2, 0) is 6.54 Å². The van der Waals surface area contributed by atoms with Crippen molar-refractivity contribution in [3.8, 4) is 0 Å². The Bertz CT molecular complexity index is 413. The number of aryl methyl sites for hydroxylation is 1. The summed E-state index contributed by atoms with van der Waals surface area (Å²) in [7, 11) is 0. The predicted octanol–water partition coefficient (Wildman–Crippen LogP) is 3.49. The van der Waals surface area contributed by atoms with E-state index in [4.69, 9.17) is 0 Å². The van der Waals surface area contributed by atoms with Crippen LogP contribution in [0.4, 0.5) is 4.39 Å². The molecule has 0 amide bonds. The molecule has 1 aromatic rings. The van der Waals surface area contributed by atoms with Crippen LogP contribution in [0.3, 0.4) is 0 Å². The fourth-order valence-corrected chi connectivity index (χ4v) is 2.90. The van der Waals surface area contributed by atoms with E-state index in [1.54, 1.807) is 6.07 Å². The Morgan fingerprint density at radius 2 is 2.25 bits per heavy atom. The first-order valence-electron chi connectivity index (χ1n) is 7.90. The maximum Gasteiger partial charge on any atom is 0.126 e. The smallest absolute Gasteiger partial charge is 0.126 e. The van der Waals surface area contributed by atoms with Crippen LogP contribution in [0.25, 0.3) is 0 Å². The molecule has 1 heterocycles. The fraction of sp³-hybridized carbons (Fsp3) is 0.647. The van der Waals surface area contributed by atoms with Crippen LogP contribution in [-0.4, -0.2) is 30.6 Å². The summed E-state index contributed by atoms with van der Waals surface area (Å²) in [5, 5.41) is 3.57. The molecule has 2 rings (SSSR count). The first kappa shape index (κ1) is 15.5. The largest absolute Gasteiger partial charge is 0.313 e. The first-order chi connectivity index (χ1) is 9.69. The van der Waals surface area contributed by atoms with Crippen molar-refractivity contribution in [1.29, 1.82) is 0 Å². The Balaban J connectivity index is 1.95. The number of halogens is 1. The minimum Gasteiger partial charge on any atom is -0.313 e. The van der Waals surface area contributed by atoms with Crippen LogP contribution in [0.1, 0.15) is 43.7 Å². The lowest BCUT2D eigenvalue weighted by molar-refractivity contribution is 0.237. The first-order valence-corrected chi connectivity index (χ1v) is 7.90. The number of rotatable bonds is 7. The molecular formula is C17H27FN2. The molecule has 0 spiro atoms. The molecule has 1 fully saturated rings. The number of unbranched alkanes of at least 4 members (excludes halogenated alkanes) is 1. The van der Waals surface area contributed by atoms with Crippen LogP contribution in [0.2, 0.25) is 0 Å². The third kappa shape index (κ3) is 4.57. The van der Waals surface area contributed by atoms with Gasteiger partial charge in [0.25, 0.3) is 0 Å². The number of hydrogen-bond acceptors (Lipinski definition) is 2. The van der Waals surface area contributed by atoms with Crippen LogP contribution in [0.5, 0.6) is 0 Å². The fourth-order valence-electron chi connectivity index (χ4n) is 2.90. The van der Waals surface area contributed by atoms with Crippen LogP contribution in [0.15, 0.2) is 18.2 Å². The van der Waals surface area contributed by atoms with E-state index in [9.17, 15) is 4.39 Å². The monoisotopic (exact) mass is 278 g/mol. The predicted molar refractivity (Wildman–Crippen MR) is 82.3 cm³/mol. The Morgan fingerprint density at radius 1 is 1.40 bits per heavy atom. The Kier molecular flexibility index (Phi) is 5.99. The molecule has 2 nitrogen and oxygen atoms in total. The average molecular weight is 278 g/mol. The summed E-state index contributed by atoms with van der Waals surface area (Å²) in [5.74, 6) is -0.105. The molecule has 112 valence electrons. The lowest BCUT2D eigenvalue weighted by Gasteiger charge is -2.26. The second kappa shape index (κ2) is 7.75. The Morgan fingerprint density at radius 3 is 2.90 bits per heavy atom. The van der Waals surface area contributed by atoms with E-state index in [-0.39, 0.29) is 5.82 Å². The van der Waals surface area contributed by atoms with Gasteiger partial charge in [-0.05, 0) is 56.5 Å². The molecular weight excluding hydrogens is 251 g/mol. The highest BCUT2D eigenvalue weighted by Crippen LogP contribution is 2.14. The number of nitrogens with zero attached hydrogens (tertiary/aromatic N) is 1.